The number of benzene rings is 2. The average molecular weight is 456 g/mol. The quantitative estimate of drug-likeness (QED) is 0.595. The first kappa shape index (κ1) is 22.4. The fourth-order valence-corrected chi connectivity index (χ4v) is 5.75. The smallest absolute Gasteiger partial charge is 0.243 e. The Bertz CT molecular complexity index is 1230. The van der Waals surface area contributed by atoms with Gasteiger partial charge in [-0.15, -0.1) is 0 Å². The standard InChI is InChI=1S/C24H29N3O4S/c1-16-17(2)26-23-11-6-18(13-22(16)23)14-25-24(28)19-5-4-12-27(15-19)32(29,30)21-9-7-20(31-3)8-10-21/h6-11,13,19,26H,4-5,12,14-15H2,1-3H3,(H,25,28). The predicted molar refractivity (Wildman–Crippen MR) is 124 cm³/mol. The third-order valence-corrected chi connectivity index (χ3v) is 8.17. The van der Waals surface area contributed by atoms with E-state index in [-0.39, 0.29) is 23.3 Å². The molecule has 1 atom stereocenters. The van der Waals surface area contributed by atoms with Crippen molar-refractivity contribution in [3.63, 3.8) is 0 Å². The third kappa shape index (κ3) is 4.38. The van der Waals surface area contributed by atoms with Gasteiger partial charge in [-0.3, -0.25) is 4.79 Å². The molecule has 1 amide bonds. The molecule has 0 bridgehead atoms. The molecule has 3 aromatic rings. The lowest BCUT2D eigenvalue weighted by molar-refractivity contribution is -0.126. The van der Waals surface area contributed by atoms with Gasteiger partial charge in [0.2, 0.25) is 15.9 Å². The van der Waals surface area contributed by atoms with Crippen LogP contribution in [-0.4, -0.2) is 43.8 Å². The molecule has 2 N–H and O–H groups in total. The van der Waals surface area contributed by atoms with Gasteiger partial charge in [0.15, 0.2) is 0 Å². The molecule has 1 aliphatic rings. The van der Waals surface area contributed by atoms with Gasteiger partial charge in [0.1, 0.15) is 5.75 Å². The van der Waals surface area contributed by atoms with E-state index in [1.54, 1.807) is 24.3 Å². The number of methoxy groups -OCH3 is 1. The van der Waals surface area contributed by atoms with Crippen LogP contribution in [-0.2, 0) is 21.4 Å². The Hall–Kier alpha value is -2.84. The Kier molecular flexibility index (Phi) is 6.26. The zero-order chi connectivity index (χ0) is 22.9. The molecule has 8 heteroatoms. The minimum atomic E-state index is -3.65. The lowest BCUT2D eigenvalue weighted by Crippen LogP contribution is -2.45. The van der Waals surface area contributed by atoms with E-state index in [4.69, 9.17) is 4.74 Å². The van der Waals surface area contributed by atoms with Crippen LogP contribution in [0.1, 0.15) is 29.7 Å². The monoisotopic (exact) mass is 455 g/mol. The molecular weight excluding hydrogens is 426 g/mol. The average Bonchev–Trinajstić information content (AvgIpc) is 3.10. The highest BCUT2D eigenvalue weighted by atomic mass is 32.2. The van der Waals surface area contributed by atoms with Gasteiger partial charge in [-0.25, -0.2) is 8.42 Å². The maximum absolute atomic E-state index is 13.0. The van der Waals surface area contributed by atoms with Crippen LogP contribution >= 0.6 is 0 Å². The largest absolute Gasteiger partial charge is 0.497 e. The Morgan fingerprint density at radius 1 is 1.19 bits per heavy atom. The topological polar surface area (TPSA) is 91.5 Å². The van der Waals surface area contributed by atoms with E-state index in [1.807, 2.05) is 19.1 Å². The number of piperidine rings is 1. The van der Waals surface area contributed by atoms with Crippen molar-refractivity contribution in [1.82, 2.24) is 14.6 Å². The highest BCUT2D eigenvalue weighted by molar-refractivity contribution is 7.89. The van der Waals surface area contributed by atoms with Crippen molar-refractivity contribution < 1.29 is 17.9 Å². The Balaban J connectivity index is 1.41. The molecule has 0 radical (unpaired) electrons. The number of nitrogens with zero attached hydrogens (tertiary/aromatic N) is 1. The second-order valence-corrected chi connectivity index (χ2v) is 10.3. The van der Waals surface area contributed by atoms with Gasteiger partial charge in [-0.2, -0.15) is 4.31 Å². The number of amides is 1. The van der Waals surface area contributed by atoms with Crippen molar-refractivity contribution in [3.8, 4) is 5.75 Å². The summed E-state index contributed by atoms with van der Waals surface area (Å²) in [4.78, 5) is 16.4. The maximum Gasteiger partial charge on any atom is 0.243 e. The van der Waals surface area contributed by atoms with E-state index in [0.29, 0.717) is 31.7 Å². The second kappa shape index (κ2) is 8.96. The minimum Gasteiger partial charge on any atom is -0.497 e. The molecule has 7 nitrogen and oxygen atoms in total. The zero-order valence-corrected chi connectivity index (χ0v) is 19.5. The van der Waals surface area contributed by atoms with E-state index in [1.165, 1.54) is 17.0 Å². The highest BCUT2D eigenvalue weighted by Crippen LogP contribution is 2.26. The van der Waals surface area contributed by atoms with Crippen molar-refractivity contribution in [3.05, 3.63) is 59.3 Å². The molecule has 0 saturated carbocycles. The van der Waals surface area contributed by atoms with Crippen LogP contribution in [0.4, 0.5) is 0 Å². The number of aromatic amines is 1. The number of nitrogens with one attached hydrogen (secondary N) is 2. The number of H-pyrrole nitrogens is 1. The van der Waals surface area contributed by atoms with Crippen molar-refractivity contribution in [2.75, 3.05) is 20.2 Å². The first-order chi connectivity index (χ1) is 15.3. The van der Waals surface area contributed by atoms with Crippen LogP contribution in [0.5, 0.6) is 5.75 Å². The summed E-state index contributed by atoms with van der Waals surface area (Å²) in [5, 5.41) is 4.16. The van der Waals surface area contributed by atoms with Crippen molar-refractivity contribution in [2.24, 2.45) is 5.92 Å². The van der Waals surface area contributed by atoms with E-state index >= 15 is 0 Å². The van der Waals surface area contributed by atoms with Gasteiger partial charge in [-0.05, 0) is 74.2 Å². The van der Waals surface area contributed by atoms with Crippen LogP contribution in [0.25, 0.3) is 10.9 Å². The lowest BCUT2D eigenvalue weighted by Gasteiger charge is -2.31. The van der Waals surface area contributed by atoms with Gasteiger partial charge < -0.3 is 15.0 Å². The van der Waals surface area contributed by atoms with E-state index in [2.05, 4.69) is 23.3 Å². The number of ether oxygens (including phenoxy) is 1. The van der Waals surface area contributed by atoms with Crippen LogP contribution in [0.15, 0.2) is 47.4 Å². The van der Waals surface area contributed by atoms with Gasteiger partial charge in [0.25, 0.3) is 0 Å². The number of aryl methyl sites for hydroxylation is 2. The molecular formula is C24H29N3O4S. The fourth-order valence-electron chi connectivity index (χ4n) is 4.22. The fraction of sp³-hybridized carbons (Fsp3) is 0.375. The molecule has 1 fully saturated rings. The number of carbonyl (C=O) groups excluding carboxylic acids is 1. The summed E-state index contributed by atoms with van der Waals surface area (Å²) in [6.07, 6.45) is 1.33. The number of aromatic nitrogens is 1. The maximum atomic E-state index is 13.0. The summed E-state index contributed by atoms with van der Waals surface area (Å²) in [5.74, 6) is 0.126. The molecule has 1 aliphatic heterocycles. The predicted octanol–water partition coefficient (Wildman–Crippen LogP) is 3.51. The highest BCUT2D eigenvalue weighted by Gasteiger charge is 2.33. The summed E-state index contributed by atoms with van der Waals surface area (Å²) in [7, 11) is -2.12. The molecule has 1 unspecified atom stereocenters. The third-order valence-electron chi connectivity index (χ3n) is 6.29. The lowest BCUT2D eigenvalue weighted by atomic mass is 9.98. The molecule has 0 spiro atoms. The number of hydrogen-bond acceptors (Lipinski definition) is 4. The van der Waals surface area contributed by atoms with Gasteiger partial charge in [0.05, 0.1) is 17.9 Å². The number of fused-ring (bicyclic) bond motifs is 1. The molecule has 1 saturated heterocycles. The minimum absolute atomic E-state index is 0.110. The van der Waals surface area contributed by atoms with Gasteiger partial charge >= 0.3 is 0 Å². The van der Waals surface area contributed by atoms with E-state index in [9.17, 15) is 13.2 Å². The van der Waals surface area contributed by atoms with Crippen LogP contribution in [0, 0.1) is 19.8 Å². The number of hydrogen-bond donors (Lipinski definition) is 2. The molecule has 2 heterocycles. The van der Waals surface area contributed by atoms with E-state index < -0.39 is 10.0 Å². The molecule has 4 rings (SSSR count). The summed E-state index contributed by atoms with van der Waals surface area (Å²) >= 11 is 0. The molecule has 0 aliphatic carbocycles. The Labute approximate surface area is 188 Å². The van der Waals surface area contributed by atoms with Crippen LogP contribution in [0.2, 0.25) is 0 Å². The van der Waals surface area contributed by atoms with Crippen molar-refractivity contribution in [2.45, 2.75) is 38.1 Å². The van der Waals surface area contributed by atoms with Crippen LogP contribution < -0.4 is 10.1 Å². The molecule has 170 valence electrons. The Morgan fingerprint density at radius 2 is 1.94 bits per heavy atom. The van der Waals surface area contributed by atoms with Crippen molar-refractivity contribution in [1.29, 1.82) is 0 Å². The normalized spacial score (nSPS) is 17.4. The summed E-state index contributed by atoms with van der Waals surface area (Å²) < 4.78 is 32.6. The summed E-state index contributed by atoms with van der Waals surface area (Å²) in [6, 6.07) is 12.5. The number of rotatable bonds is 6. The summed E-state index contributed by atoms with van der Waals surface area (Å²) in [6.45, 7) is 5.15. The SMILES string of the molecule is COc1ccc(S(=O)(=O)N2CCCC(C(=O)NCc3ccc4[nH]c(C)c(C)c4c3)C2)cc1. The van der Waals surface area contributed by atoms with E-state index in [0.717, 1.165) is 22.2 Å². The molecule has 1 aromatic heterocycles. The molecule has 32 heavy (non-hydrogen) atoms. The zero-order valence-electron chi connectivity index (χ0n) is 18.6. The first-order valence-electron chi connectivity index (χ1n) is 10.8. The summed E-state index contributed by atoms with van der Waals surface area (Å²) in [5.41, 5.74) is 4.45. The van der Waals surface area contributed by atoms with Gasteiger partial charge in [-0.1, -0.05) is 6.07 Å². The van der Waals surface area contributed by atoms with Gasteiger partial charge in [0, 0.05) is 36.2 Å². The Morgan fingerprint density at radius 3 is 2.66 bits per heavy atom. The molecule has 2 aromatic carbocycles. The van der Waals surface area contributed by atoms with Crippen molar-refractivity contribution >= 4 is 26.8 Å². The second-order valence-electron chi connectivity index (χ2n) is 8.35. The number of sulfonamides is 1. The first-order valence-corrected chi connectivity index (χ1v) is 12.2. The number of carbonyl (C=O) groups is 1. The van der Waals surface area contributed by atoms with Crippen LogP contribution in [0.3, 0.4) is 0 Å².